The lowest BCUT2D eigenvalue weighted by molar-refractivity contribution is -0.116. The van der Waals surface area contributed by atoms with Crippen molar-refractivity contribution in [2.75, 3.05) is 44.9 Å². The van der Waals surface area contributed by atoms with Gasteiger partial charge in [0, 0.05) is 20.1 Å². The number of benzene rings is 1. The van der Waals surface area contributed by atoms with Crippen LogP contribution in [0.3, 0.4) is 0 Å². The van der Waals surface area contributed by atoms with Crippen LogP contribution in [0.5, 0.6) is 5.75 Å². The zero-order valence-corrected chi connectivity index (χ0v) is 17.9. The molecule has 0 atom stereocenters. The summed E-state index contributed by atoms with van der Waals surface area (Å²) in [6.45, 7) is 5.76. The Labute approximate surface area is 161 Å². The average Bonchev–Trinajstić information content (AvgIpc) is 2.56. The first kappa shape index (κ1) is 23.3. The monoisotopic (exact) mass is 421 g/mol. The third-order valence-corrected chi connectivity index (χ3v) is 7.11. The highest BCUT2D eigenvalue weighted by atomic mass is 32.2. The molecule has 0 aliphatic carbocycles. The normalized spacial score (nSPS) is 12.4. The second-order valence-corrected chi connectivity index (χ2v) is 9.77. The molecule has 1 amide bonds. The van der Waals surface area contributed by atoms with Crippen LogP contribution in [0.4, 0.5) is 5.69 Å². The highest BCUT2D eigenvalue weighted by Gasteiger charge is 2.24. The van der Waals surface area contributed by atoms with Gasteiger partial charge in [0.15, 0.2) is 0 Å². The maximum Gasteiger partial charge on any atom is 0.243 e. The van der Waals surface area contributed by atoms with E-state index in [9.17, 15) is 21.6 Å². The molecule has 1 aromatic carbocycles. The van der Waals surface area contributed by atoms with Gasteiger partial charge in [-0.25, -0.2) is 16.8 Å². The highest BCUT2D eigenvalue weighted by Crippen LogP contribution is 2.29. The van der Waals surface area contributed by atoms with E-state index in [1.165, 1.54) is 29.6 Å². The maximum atomic E-state index is 12.7. The van der Waals surface area contributed by atoms with Gasteiger partial charge in [0.25, 0.3) is 0 Å². The zero-order chi connectivity index (χ0) is 20.8. The van der Waals surface area contributed by atoms with Crippen LogP contribution in [-0.4, -0.2) is 70.9 Å². The number of hydrogen-bond acceptors (Lipinski definition) is 6. The SMILES string of the molecule is CCOc1ccc(S(=O)(=O)N(CC)CC)cc1NC(=O)CN(C)S(C)(=O)=O. The number of nitrogens with one attached hydrogen (secondary N) is 1. The lowest BCUT2D eigenvalue weighted by Gasteiger charge is -2.20. The summed E-state index contributed by atoms with van der Waals surface area (Å²) >= 11 is 0. The molecule has 0 saturated heterocycles. The van der Waals surface area contributed by atoms with Gasteiger partial charge in [0.05, 0.1) is 30.0 Å². The van der Waals surface area contributed by atoms with Crippen molar-refractivity contribution in [3.8, 4) is 5.75 Å². The minimum Gasteiger partial charge on any atom is -0.492 e. The summed E-state index contributed by atoms with van der Waals surface area (Å²) in [5.74, 6) is -0.312. The van der Waals surface area contributed by atoms with Crippen LogP contribution in [0.1, 0.15) is 20.8 Å². The molecule has 0 bridgehead atoms. The summed E-state index contributed by atoms with van der Waals surface area (Å²) < 4.78 is 55.9. The number of amides is 1. The first-order chi connectivity index (χ1) is 12.5. The Morgan fingerprint density at radius 3 is 2.19 bits per heavy atom. The third-order valence-electron chi connectivity index (χ3n) is 3.80. The van der Waals surface area contributed by atoms with Crippen LogP contribution in [0.2, 0.25) is 0 Å². The molecular weight excluding hydrogens is 394 g/mol. The van der Waals surface area contributed by atoms with E-state index in [0.717, 1.165) is 10.6 Å². The van der Waals surface area contributed by atoms with Crippen LogP contribution >= 0.6 is 0 Å². The highest BCUT2D eigenvalue weighted by molar-refractivity contribution is 7.89. The molecule has 1 rings (SSSR count). The lowest BCUT2D eigenvalue weighted by Crippen LogP contribution is -2.34. The fraction of sp³-hybridized carbons (Fsp3) is 0.562. The molecule has 154 valence electrons. The molecule has 11 heteroatoms. The molecule has 0 radical (unpaired) electrons. The summed E-state index contributed by atoms with van der Waals surface area (Å²) in [5.41, 5.74) is 0.164. The van der Waals surface area contributed by atoms with Crippen molar-refractivity contribution in [3.05, 3.63) is 18.2 Å². The van der Waals surface area contributed by atoms with Crippen LogP contribution in [0.15, 0.2) is 23.1 Å². The Morgan fingerprint density at radius 2 is 1.70 bits per heavy atom. The van der Waals surface area contributed by atoms with E-state index in [1.807, 2.05) is 0 Å². The van der Waals surface area contributed by atoms with Gasteiger partial charge >= 0.3 is 0 Å². The molecular formula is C16H27N3O6S2. The number of carbonyl (C=O) groups is 1. The fourth-order valence-corrected chi connectivity index (χ4v) is 4.11. The van der Waals surface area contributed by atoms with E-state index in [-0.39, 0.29) is 10.6 Å². The summed E-state index contributed by atoms with van der Waals surface area (Å²) in [5, 5.41) is 2.53. The Hall–Kier alpha value is -1.69. The number of carbonyl (C=O) groups excluding carboxylic acids is 1. The van der Waals surface area contributed by atoms with E-state index in [1.54, 1.807) is 20.8 Å². The Morgan fingerprint density at radius 1 is 1.11 bits per heavy atom. The largest absolute Gasteiger partial charge is 0.492 e. The molecule has 1 N–H and O–H groups in total. The number of ether oxygens (including phenoxy) is 1. The van der Waals surface area contributed by atoms with E-state index in [4.69, 9.17) is 4.74 Å². The number of hydrogen-bond donors (Lipinski definition) is 1. The van der Waals surface area contributed by atoms with E-state index < -0.39 is 32.5 Å². The van der Waals surface area contributed by atoms with Crippen LogP contribution in [-0.2, 0) is 24.8 Å². The second-order valence-electron chi connectivity index (χ2n) is 5.75. The molecule has 0 heterocycles. The summed E-state index contributed by atoms with van der Waals surface area (Å²) in [6.07, 6.45) is 0.989. The molecule has 0 unspecified atom stereocenters. The van der Waals surface area contributed by atoms with Gasteiger partial charge in [-0.15, -0.1) is 0 Å². The van der Waals surface area contributed by atoms with Gasteiger partial charge in [-0.3, -0.25) is 4.79 Å². The predicted molar refractivity (Wildman–Crippen MR) is 104 cm³/mol. The first-order valence-electron chi connectivity index (χ1n) is 8.45. The number of anilines is 1. The number of likely N-dealkylation sites (N-methyl/N-ethyl adjacent to an activating group) is 1. The number of rotatable bonds is 10. The number of nitrogens with zero attached hydrogens (tertiary/aromatic N) is 2. The van der Waals surface area contributed by atoms with E-state index in [2.05, 4.69) is 5.32 Å². The maximum absolute atomic E-state index is 12.7. The molecule has 9 nitrogen and oxygen atoms in total. The Balaban J connectivity index is 3.22. The summed E-state index contributed by atoms with van der Waals surface area (Å²) in [7, 11) is -5.96. The van der Waals surface area contributed by atoms with Gasteiger partial charge in [-0.1, -0.05) is 13.8 Å². The standard InChI is InChI=1S/C16H27N3O6S2/c1-6-19(7-2)27(23,24)13-9-10-15(25-8-3)14(11-13)17-16(20)12-18(4)26(5,21)22/h9-11H,6-8,12H2,1-5H3,(H,17,20). The van der Waals surface area contributed by atoms with Crippen LogP contribution in [0.25, 0.3) is 0 Å². The van der Waals surface area contributed by atoms with Crippen molar-refractivity contribution in [1.29, 1.82) is 0 Å². The quantitative estimate of drug-likeness (QED) is 0.602. The molecule has 1 aromatic rings. The lowest BCUT2D eigenvalue weighted by atomic mass is 10.3. The van der Waals surface area contributed by atoms with Crippen molar-refractivity contribution in [2.45, 2.75) is 25.7 Å². The van der Waals surface area contributed by atoms with Crippen molar-refractivity contribution >= 4 is 31.6 Å². The van der Waals surface area contributed by atoms with Crippen molar-refractivity contribution in [3.63, 3.8) is 0 Å². The Kier molecular flexibility index (Phi) is 8.21. The fourth-order valence-electron chi connectivity index (χ4n) is 2.27. The third kappa shape index (κ3) is 6.16. The Bertz CT molecular complexity index is 864. The predicted octanol–water partition coefficient (Wildman–Crippen LogP) is 0.946. The van der Waals surface area contributed by atoms with Gasteiger partial charge in [0.1, 0.15) is 5.75 Å². The number of sulfonamides is 2. The molecule has 0 aliphatic rings. The average molecular weight is 422 g/mol. The van der Waals surface area contributed by atoms with Crippen molar-refractivity contribution in [2.24, 2.45) is 0 Å². The smallest absolute Gasteiger partial charge is 0.243 e. The van der Waals surface area contributed by atoms with Crippen molar-refractivity contribution < 1.29 is 26.4 Å². The topological polar surface area (TPSA) is 113 Å². The van der Waals surface area contributed by atoms with E-state index >= 15 is 0 Å². The minimum absolute atomic E-state index is 0.0152. The summed E-state index contributed by atoms with van der Waals surface area (Å²) in [4.78, 5) is 12.2. The molecule has 0 aromatic heterocycles. The molecule has 27 heavy (non-hydrogen) atoms. The first-order valence-corrected chi connectivity index (χ1v) is 11.7. The van der Waals surface area contributed by atoms with E-state index in [0.29, 0.717) is 25.4 Å². The van der Waals surface area contributed by atoms with Crippen LogP contribution in [0, 0.1) is 0 Å². The van der Waals surface area contributed by atoms with Gasteiger partial charge in [-0.2, -0.15) is 8.61 Å². The van der Waals surface area contributed by atoms with Crippen LogP contribution < -0.4 is 10.1 Å². The van der Waals surface area contributed by atoms with Gasteiger partial charge in [0.2, 0.25) is 26.0 Å². The van der Waals surface area contributed by atoms with Gasteiger partial charge < -0.3 is 10.1 Å². The summed E-state index contributed by atoms with van der Waals surface area (Å²) in [6, 6.07) is 4.20. The van der Waals surface area contributed by atoms with Gasteiger partial charge in [-0.05, 0) is 25.1 Å². The minimum atomic E-state index is -3.72. The zero-order valence-electron chi connectivity index (χ0n) is 16.2. The molecule has 0 saturated carbocycles. The van der Waals surface area contributed by atoms with Crippen molar-refractivity contribution in [1.82, 2.24) is 8.61 Å². The molecule has 0 aliphatic heterocycles. The second kappa shape index (κ2) is 9.49. The molecule has 0 spiro atoms. The molecule has 0 fully saturated rings.